The predicted molar refractivity (Wildman–Crippen MR) is 103 cm³/mol. The summed E-state index contributed by atoms with van der Waals surface area (Å²) in [6, 6.07) is 4.60. The van der Waals surface area contributed by atoms with Gasteiger partial charge in [0.15, 0.2) is 0 Å². The molecule has 1 saturated heterocycles. The van der Waals surface area contributed by atoms with Crippen LogP contribution in [0.1, 0.15) is 49.4 Å². The van der Waals surface area contributed by atoms with E-state index in [4.69, 9.17) is 4.74 Å². The highest BCUT2D eigenvalue weighted by molar-refractivity contribution is 7.89. The van der Waals surface area contributed by atoms with Gasteiger partial charge in [-0.2, -0.15) is 0 Å². The normalized spacial score (nSPS) is 23.9. The van der Waals surface area contributed by atoms with Crippen molar-refractivity contribution in [2.75, 3.05) is 20.2 Å². The van der Waals surface area contributed by atoms with E-state index in [1.807, 2.05) is 0 Å². The van der Waals surface area contributed by atoms with Gasteiger partial charge in [-0.15, -0.1) is 0 Å². The van der Waals surface area contributed by atoms with E-state index in [9.17, 15) is 13.2 Å². The summed E-state index contributed by atoms with van der Waals surface area (Å²) in [5, 5.41) is 6.34. The fourth-order valence-electron chi connectivity index (χ4n) is 3.83. The maximum atomic E-state index is 12.9. The number of benzene rings is 1. The molecule has 3 rings (SSSR count). The van der Waals surface area contributed by atoms with E-state index in [1.54, 1.807) is 12.1 Å². The molecule has 0 aromatic heterocycles. The van der Waals surface area contributed by atoms with E-state index >= 15 is 0 Å². The van der Waals surface area contributed by atoms with Crippen LogP contribution in [0, 0.1) is 5.92 Å². The first-order valence-corrected chi connectivity index (χ1v) is 11.1. The van der Waals surface area contributed by atoms with Gasteiger partial charge in [-0.25, -0.2) is 13.1 Å². The van der Waals surface area contributed by atoms with Crippen molar-refractivity contribution < 1.29 is 17.9 Å². The third kappa shape index (κ3) is 4.80. The minimum Gasteiger partial charge on any atom is -0.495 e. The fraction of sp³-hybridized carbons (Fsp3) is 0.632. The molecule has 7 nitrogen and oxygen atoms in total. The Kier molecular flexibility index (Phi) is 6.39. The molecule has 2 unspecified atom stereocenters. The molecular formula is C19H29N3O4S. The van der Waals surface area contributed by atoms with Crippen molar-refractivity contribution in [1.82, 2.24) is 15.4 Å². The molecule has 2 atom stereocenters. The van der Waals surface area contributed by atoms with Crippen LogP contribution in [0.15, 0.2) is 23.1 Å². The molecular weight excluding hydrogens is 366 g/mol. The lowest BCUT2D eigenvalue weighted by atomic mass is 9.95. The van der Waals surface area contributed by atoms with Crippen molar-refractivity contribution in [3.8, 4) is 5.75 Å². The second-order valence-corrected chi connectivity index (χ2v) is 9.20. The summed E-state index contributed by atoms with van der Waals surface area (Å²) in [4.78, 5) is 12.7. The number of hydrogen-bond acceptors (Lipinski definition) is 5. The van der Waals surface area contributed by atoms with Crippen LogP contribution >= 0.6 is 0 Å². The van der Waals surface area contributed by atoms with Crippen molar-refractivity contribution >= 4 is 15.9 Å². The van der Waals surface area contributed by atoms with Crippen LogP contribution in [0.4, 0.5) is 0 Å². The number of hydrogen-bond donors (Lipinski definition) is 3. The van der Waals surface area contributed by atoms with E-state index in [2.05, 4.69) is 22.3 Å². The lowest BCUT2D eigenvalue weighted by Crippen LogP contribution is -2.48. The molecule has 1 aliphatic heterocycles. The van der Waals surface area contributed by atoms with Crippen molar-refractivity contribution in [3.63, 3.8) is 0 Å². The number of carbonyl (C=O) groups excluding carboxylic acids is 1. The van der Waals surface area contributed by atoms with Gasteiger partial charge >= 0.3 is 0 Å². The summed E-state index contributed by atoms with van der Waals surface area (Å²) >= 11 is 0. The number of piperidine rings is 1. The van der Waals surface area contributed by atoms with Gasteiger partial charge < -0.3 is 15.4 Å². The van der Waals surface area contributed by atoms with Gasteiger partial charge in [-0.05, 0) is 56.5 Å². The van der Waals surface area contributed by atoms with E-state index in [-0.39, 0.29) is 28.6 Å². The molecule has 27 heavy (non-hydrogen) atoms. The smallest absolute Gasteiger partial charge is 0.251 e. The Morgan fingerprint density at radius 2 is 1.96 bits per heavy atom. The van der Waals surface area contributed by atoms with E-state index in [1.165, 1.54) is 13.2 Å². The first-order chi connectivity index (χ1) is 12.9. The minimum atomic E-state index is -3.75. The molecule has 0 bridgehead atoms. The fourth-order valence-corrected chi connectivity index (χ4v) is 5.33. The summed E-state index contributed by atoms with van der Waals surface area (Å²) in [5.41, 5.74) is 0.327. The van der Waals surface area contributed by atoms with Crippen LogP contribution in [0.2, 0.25) is 0 Å². The monoisotopic (exact) mass is 395 g/mol. The third-order valence-corrected chi connectivity index (χ3v) is 7.04. The molecule has 1 aromatic rings. The van der Waals surface area contributed by atoms with Crippen LogP contribution in [0.3, 0.4) is 0 Å². The Labute approximate surface area is 161 Å². The molecule has 0 spiro atoms. The summed E-state index contributed by atoms with van der Waals surface area (Å²) in [5.74, 6) is 0.314. The van der Waals surface area contributed by atoms with Crippen molar-refractivity contribution in [1.29, 1.82) is 0 Å². The number of ether oxygens (including phenoxy) is 1. The summed E-state index contributed by atoms with van der Waals surface area (Å²) < 4.78 is 33.7. The zero-order chi connectivity index (χ0) is 19.4. The van der Waals surface area contributed by atoms with Crippen LogP contribution in [0.25, 0.3) is 0 Å². The first-order valence-electron chi connectivity index (χ1n) is 9.62. The molecule has 1 aliphatic carbocycles. The Balaban J connectivity index is 1.80. The molecule has 0 radical (unpaired) electrons. The molecule has 3 N–H and O–H groups in total. The predicted octanol–water partition coefficient (Wildman–Crippen LogP) is 1.64. The number of rotatable bonds is 6. The van der Waals surface area contributed by atoms with Crippen LogP contribution in [-0.4, -0.2) is 46.6 Å². The molecule has 2 aliphatic rings. The highest BCUT2D eigenvalue weighted by Crippen LogP contribution is 2.27. The highest BCUT2D eigenvalue weighted by Gasteiger charge is 2.28. The van der Waals surface area contributed by atoms with Gasteiger partial charge in [0.1, 0.15) is 10.6 Å². The van der Waals surface area contributed by atoms with Crippen LogP contribution in [0.5, 0.6) is 5.75 Å². The molecule has 1 heterocycles. The number of carbonyl (C=O) groups is 1. The van der Waals surface area contributed by atoms with Gasteiger partial charge in [0, 0.05) is 17.6 Å². The van der Waals surface area contributed by atoms with E-state index in [0.717, 1.165) is 45.2 Å². The van der Waals surface area contributed by atoms with Gasteiger partial charge in [0.25, 0.3) is 5.91 Å². The summed E-state index contributed by atoms with van der Waals surface area (Å²) in [6.07, 6.45) is 4.60. The second kappa shape index (κ2) is 8.58. The van der Waals surface area contributed by atoms with Gasteiger partial charge in [-0.3, -0.25) is 4.79 Å². The Bertz CT molecular complexity index is 775. The largest absolute Gasteiger partial charge is 0.495 e. The standard InChI is InChI=1S/C19H29N3O4S/c1-13-12-20-10-9-16(13)21-19(23)14-7-8-17(26-2)18(11-14)27(24,25)22-15-5-3-4-6-15/h7-8,11,13,15-16,20,22H,3-6,9-10,12H2,1-2H3,(H,21,23). The summed E-state index contributed by atoms with van der Waals surface area (Å²) in [6.45, 7) is 3.81. The zero-order valence-corrected chi connectivity index (χ0v) is 16.8. The van der Waals surface area contributed by atoms with Crippen molar-refractivity contribution in [2.45, 2.75) is 56.0 Å². The molecule has 1 amide bonds. The van der Waals surface area contributed by atoms with Gasteiger partial charge in [0.2, 0.25) is 10.0 Å². The third-order valence-electron chi connectivity index (χ3n) is 5.49. The van der Waals surface area contributed by atoms with E-state index in [0.29, 0.717) is 11.5 Å². The second-order valence-electron chi connectivity index (χ2n) is 7.52. The quantitative estimate of drug-likeness (QED) is 0.681. The van der Waals surface area contributed by atoms with Gasteiger partial charge in [0.05, 0.1) is 7.11 Å². The molecule has 2 fully saturated rings. The maximum Gasteiger partial charge on any atom is 0.251 e. The number of amides is 1. The number of nitrogens with one attached hydrogen (secondary N) is 3. The van der Waals surface area contributed by atoms with Crippen LogP contribution in [-0.2, 0) is 10.0 Å². The average molecular weight is 396 g/mol. The van der Waals surface area contributed by atoms with E-state index < -0.39 is 10.0 Å². The number of methoxy groups -OCH3 is 1. The van der Waals surface area contributed by atoms with Crippen molar-refractivity contribution in [3.05, 3.63) is 23.8 Å². The molecule has 8 heteroatoms. The number of sulfonamides is 1. The average Bonchev–Trinajstić information content (AvgIpc) is 3.15. The molecule has 1 saturated carbocycles. The molecule has 150 valence electrons. The highest BCUT2D eigenvalue weighted by atomic mass is 32.2. The van der Waals surface area contributed by atoms with Gasteiger partial charge in [-0.1, -0.05) is 19.8 Å². The minimum absolute atomic E-state index is 0.0166. The Hall–Kier alpha value is -1.64. The first kappa shape index (κ1) is 20.1. The Morgan fingerprint density at radius 1 is 1.22 bits per heavy atom. The summed E-state index contributed by atoms with van der Waals surface area (Å²) in [7, 11) is -2.32. The van der Waals surface area contributed by atoms with Crippen LogP contribution < -0.4 is 20.1 Å². The topological polar surface area (TPSA) is 96.5 Å². The lowest BCUT2D eigenvalue weighted by Gasteiger charge is -2.30. The SMILES string of the molecule is COc1ccc(C(=O)NC2CCNCC2C)cc1S(=O)(=O)NC1CCCC1. The lowest BCUT2D eigenvalue weighted by molar-refractivity contribution is 0.0914. The zero-order valence-electron chi connectivity index (χ0n) is 16.0. The Morgan fingerprint density at radius 3 is 2.63 bits per heavy atom. The maximum absolute atomic E-state index is 12.9. The van der Waals surface area contributed by atoms with Crippen molar-refractivity contribution in [2.24, 2.45) is 5.92 Å². The molecule has 1 aromatic carbocycles.